The van der Waals surface area contributed by atoms with Crippen molar-refractivity contribution < 1.29 is 0 Å². The highest BCUT2D eigenvalue weighted by molar-refractivity contribution is 6.70. The van der Waals surface area contributed by atoms with E-state index in [0.29, 0.717) is 6.85 Å². The van der Waals surface area contributed by atoms with Gasteiger partial charge in [-0.25, -0.2) is 0 Å². The smallest absolute Gasteiger partial charge is 0.254 e. The lowest BCUT2D eigenvalue weighted by Crippen LogP contribution is -2.35. The van der Waals surface area contributed by atoms with Crippen LogP contribution in [0.15, 0.2) is 18.2 Å². The molecule has 0 unspecified atom stereocenters. The number of nitrogens with zero attached hydrogens (tertiary/aromatic N) is 1. The summed E-state index contributed by atoms with van der Waals surface area (Å²) in [6.45, 7) is 6.18. The number of hydrogen-bond donors (Lipinski definition) is 0. The van der Waals surface area contributed by atoms with Gasteiger partial charge >= 0.3 is 0 Å². The molecule has 2 heteroatoms. The van der Waals surface area contributed by atoms with Crippen LogP contribution in [0, 0.1) is 6.92 Å². The van der Waals surface area contributed by atoms with Crippen molar-refractivity contribution in [1.82, 2.24) is 4.81 Å². The zero-order valence-electron chi connectivity index (χ0n) is 7.96. The summed E-state index contributed by atoms with van der Waals surface area (Å²) in [6, 6.07) is 6.60. The molecule has 0 radical (unpaired) electrons. The van der Waals surface area contributed by atoms with Crippen LogP contribution in [0.3, 0.4) is 0 Å². The first-order valence-electron chi connectivity index (χ1n) is 4.49. The quantitative estimate of drug-likeness (QED) is 0.515. The van der Waals surface area contributed by atoms with Gasteiger partial charge in [-0.15, -0.1) is 0 Å². The maximum Gasteiger partial charge on any atom is 0.254 e. The molecular formula is C10H14BN. The number of benzene rings is 1. The van der Waals surface area contributed by atoms with Crippen molar-refractivity contribution in [2.45, 2.75) is 20.3 Å². The highest BCUT2D eigenvalue weighted by atomic mass is 15.0. The van der Waals surface area contributed by atoms with Gasteiger partial charge in [-0.3, -0.25) is 0 Å². The molecule has 1 aliphatic rings. The Morgan fingerprint density at radius 3 is 2.83 bits per heavy atom. The molecule has 0 bridgehead atoms. The first-order chi connectivity index (χ1) is 5.70. The topological polar surface area (TPSA) is 3.24 Å². The van der Waals surface area contributed by atoms with Crippen molar-refractivity contribution in [3.05, 3.63) is 29.3 Å². The standard InChI is InChI=1S/C10H14BN/c1-8-5-4-6-10-9(8)7-12(3)11(10)2/h4-6H,7H2,1-3H3. The molecule has 62 valence electrons. The molecule has 12 heavy (non-hydrogen) atoms. The van der Waals surface area contributed by atoms with Gasteiger partial charge in [0.2, 0.25) is 0 Å². The van der Waals surface area contributed by atoms with Gasteiger partial charge in [-0.2, -0.15) is 0 Å². The fourth-order valence-corrected chi connectivity index (χ4v) is 1.96. The van der Waals surface area contributed by atoms with Gasteiger partial charge < -0.3 is 4.81 Å². The van der Waals surface area contributed by atoms with Crippen LogP contribution in [-0.2, 0) is 6.54 Å². The fourth-order valence-electron chi connectivity index (χ4n) is 1.96. The van der Waals surface area contributed by atoms with Crippen LogP contribution in [0.4, 0.5) is 0 Å². The second-order valence-corrected chi connectivity index (χ2v) is 3.73. The first kappa shape index (κ1) is 7.87. The predicted molar refractivity (Wildman–Crippen MR) is 53.9 cm³/mol. The van der Waals surface area contributed by atoms with E-state index in [9.17, 15) is 0 Å². The second-order valence-electron chi connectivity index (χ2n) is 3.73. The molecule has 0 aromatic heterocycles. The summed E-state index contributed by atoms with van der Waals surface area (Å²) in [5.74, 6) is 0. The van der Waals surface area contributed by atoms with Gasteiger partial charge in [-0.05, 0) is 25.1 Å². The molecule has 0 fully saturated rings. The zero-order valence-corrected chi connectivity index (χ0v) is 7.96. The highest BCUT2D eigenvalue weighted by Crippen LogP contribution is 2.16. The van der Waals surface area contributed by atoms with E-state index in [1.807, 2.05) is 0 Å². The molecule has 1 heterocycles. The Labute approximate surface area is 74.5 Å². The third-order valence-corrected chi connectivity index (χ3v) is 2.97. The van der Waals surface area contributed by atoms with E-state index >= 15 is 0 Å². The van der Waals surface area contributed by atoms with E-state index in [4.69, 9.17) is 0 Å². The number of rotatable bonds is 0. The molecule has 0 amide bonds. The zero-order chi connectivity index (χ0) is 8.72. The van der Waals surface area contributed by atoms with Crippen LogP contribution in [0.1, 0.15) is 11.1 Å². The Balaban J connectivity index is 2.53. The molecule has 0 spiro atoms. The minimum absolute atomic E-state index is 0.597. The molecule has 0 atom stereocenters. The van der Waals surface area contributed by atoms with Gasteiger partial charge in [-0.1, -0.05) is 30.5 Å². The van der Waals surface area contributed by atoms with E-state index in [1.54, 1.807) is 0 Å². The summed E-state index contributed by atoms with van der Waals surface area (Å²) in [5.41, 5.74) is 4.48. The SMILES string of the molecule is CB1c2cccc(C)c2CN1C. The van der Waals surface area contributed by atoms with Crippen molar-refractivity contribution in [2.75, 3.05) is 7.05 Å². The summed E-state index contributed by atoms with van der Waals surface area (Å²) in [7, 11) is 2.18. The van der Waals surface area contributed by atoms with Crippen molar-refractivity contribution in [3.8, 4) is 0 Å². The third-order valence-electron chi connectivity index (χ3n) is 2.97. The summed E-state index contributed by atoms with van der Waals surface area (Å²) in [4.78, 5) is 2.39. The van der Waals surface area contributed by atoms with Crippen LogP contribution in [0.25, 0.3) is 0 Å². The summed E-state index contributed by atoms with van der Waals surface area (Å²) in [5, 5.41) is 0. The Morgan fingerprint density at radius 2 is 2.17 bits per heavy atom. The Morgan fingerprint density at radius 1 is 1.42 bits per heavy atom. The lowest BCUT2D eigenvalue weighted by atomic mass is 9.59. The number of aryl methyl sites for hydroxylation is 1. The molecule has 0 saturated carbocycles. The van der Waals surface area contributed by atoms with Crippen LogP contribution >= 0.6 is 0 Å². The van der Waals surface area contributed by atoms with Crippen molar-refractivity contribution in [1.29, 1.82) is 0 Å². The molecule has 1 aromatic carbocycles. The van der Waals surface area contributed by atoms with Crippen LogP contribution in [0.5, 0.6) is 0 Å². The lowest BCUT2D eigenvalue weighted by molar-refractivity contribution is 0.541. The van der Waals surface area contributed by atoms with Crippen LogP contribution in [-0.4, -0.2) is 18.7 Å². The Kier molecular flexibility index (Phi) is 1.73. The second kappa shape index (κ2) is 2.63. The molecule has 1 aliphatic heterocycles. The maximum atomic E-state index is 2.39. The molecule has 0 N–H and O–H groups in total. The Bertz CT molecular complexity index is 309. The van der Waals surface area contributed by atoms with E-state index < -0.39 is 0 Å². The molecule has 2 rings (SSSR count). The van der Waals surface area contributed by atoms with Gasteiger partial charge in [0, 0.05) is 6.54 Å². The van der Waals surface area contributed by atoms with Crippen LogP contribution in [0.2, 0.25) is 6.82 Å². The maximum absolute atomic E-state index is 2.39. The number of hydrogen-bond acceptors (Lipinski definition) is 1. The van der Waals surface area contributed by atoms with E-state index in [-0.39, 0.29) is 0 Å². The molecule has 1 nitrogen and oxygen atoms in total. The normalized spacial score (nSPS) is 16.8. The summed E-state index contributed by atoms with van der Waals surface area (Å²) >= 11 is 0. The van der Waals surface area contributed by atoms with Gasteiger partial charge in [0.1, 0.15) is 0 Å². The van der Waals surface area contributed by atoms with E-state index in [2.05, 4.69) is 43.8 Å². The largest absolute Gasteiger partial charge is 0.337 e. The van der Waals surface area contributed by atoms with Crippen molar-refractivity contribution >= 4 is 12.3 Å². The summed E-state index contributed by atoms with van der Waals surface area (Å²) < 4.78 is 0. The predicted octanol–water partition coefficient (Wildman–Crippen LogP) is 1.27. The summed E-state index contributed by atoms with van der Waals surface area (Å²) in [6.07, 6.45) is 0. The van der Waals surface area contributed by atoms with Gasteiger partial charge in [0.15, 0.2) is 0 Å². The minimum Gasteiger partial charge on any atom is -0.337 e. The van der Waals surface area contributed by atoms with Crippen molar-refractivity contribution in [2.24, 2.45) is 0 Å². The fraction of sp³-hybridized carbons (Fsp3) is 0.400. The Hall–Kier alpha value is -0.755. The van der Waals surface area contributed by atoms with Gasteiger partial charge in [0.05, 0.1) is 0 Å². The molecule has 1 aromatic rings. The van der Waals surface area contributed by atoms with E-state index in [1.165, 1.54) is 16.6 Å². The minimum atomic E-state index is 0.597. The third kappa shape index (κ3) is 0.986. The average Bonchev–Trinajstić information content (AvgIpc) is 2.32. The highest BCUT2D eigenvalue weighted by Gasteiger charge is 2.27. The van der Waals surface area contributed by atoms with Crippen LogP contribution < -0.4 is 5.46 Å². The molecule has 0 saturated heterocycles. The molecular weight excluding hydrogens is 145 g/mol. The average molecular weight is 159 g/mol. The molecule has 0 aliphatic carbocycles. The monoisotopic (exact) mass is 159 g/mol. The van der Waals surface area contributed by atoms with E-state index in [0.717, 1.165) is 6.54 Å². The number of fused-ring (bicyclic) bond motifs is 1. The lowest BCUT2D eigenvalue weighted by Gasteiger charge is -2.10. The first-order valence-corrected chi connectivity index (χ1v) is 4.49. The van der Waals surface area contributed by atoms with Gasteiger partial charge in [0.25, 0.3) is 6.85 Å². The van der Waals surface area contributed by atoms with Crippen molar-refractivity contribution in [3.63, 3.8) is 0 Å².